The van der Waals surface area contributed by atoms with Crippen LogP contribution in [0.15, 0.2) is 0 Å². The average Bonchev–Trinajstić information content (AvgIpc) is 2.33. The molecule has 80 valence electrons. The molecule has 1 rings (SSSR count). The van der Waals surface area contributed by atoms with Gasteiger partial charge in [-0.2, -0.15) is 0 Å². The monoisotopic (exact) mass is 229 g/mol. The quantitative estimate of drug-likeness (QED) is 0.576. The van der Waals surface area contributed by atoms with E-state index in [0.717, 1.165) is 6.16 Å². The van der Waals surface area contributed by atoms with E-state index >= 15 is 0 Å². The molecule has 1 N–H and O–H groups in total. The van der Waals surface area contributed by atoms with Crippen molar-refractivity contribution < 1.29 is 12.3 Å². The molecule has 0 aliphatic carbocycles. The van der Waals surface area contributed by atoms with Crippen molar-refractivity contribution in [2.24, 2.45) is 0 Å². The molecule has 13 heavy (non-hydrogen) atoms. The molecular formula is C7H17FNO2PS. The van der Waals surface area contributed by atoms with E-state index in [-0.39, 0.29) is 6.54 Å². The number of rotatable bonds is 4. The molecule has 0 spiro atoms. The maximum absolute atomic E-state index is 12.1. The Bertz CT molecular complexity index is 262. The summed E-state index contributed by atoms with van der Waals surface area (Å²) in [7, 11) is -5.65. The molecule has 0 aromatic rings. The Balaban J connectivity index is 2.26. The predicted molar refractivity (Wildman–Crippen MR) is 56.1 cm³/mol. The first-order valence-corrected chi connectivity index (χ1v) is 9.11. The van der Waals surface area contributed by atoms with Crippen molar-refractivity contribution in [1.29, 1.82) is 0 Å². The molecule has 1 saturated heterocycles. The summed E-state index contributed by atoms with van der Waals surface area (Å²) in [6, 6.07) is 0. The van der Waals surface area contributed by atoms with Gasteiger partial charge in [0, 0.05) is 0 Å². The Kier molecular flexibility index (Phi) is 3.66. The second-order valence-electron chi connectivity index (χ2n) is 4.10. The molecule has 0 saturated carbocycles. The van der Waals surface area contributed by atoms with E-state index in [0.29, 0.717) is 0 Å². The molecular weight excluding hydrogens is 212 g/mol. The van der Waals surface area contributed by atoms with E-state index in [1.54, 1.807) is 0 Å². The Hall–Kier alpha value is 0.270. The van der Waals surface area contributed by atoms with Gasteiger partial charge in [0.15, 0.2) is 0 Å². The zero-order valence-electron chi connectivity index (χ0n) is 7.85. The van der Waals surface area contributed by atoms with E-state index in [9.17, 15) is 12.3 Å². The molecule has 0 unspecified atom stereocenters. The van der Waals surface area contributed by atoms with Gasteiger partial charge in [-0.05, 0) is 0 Å². The van der Waals surface area contributed by atoms with Crippen LogP contribution in [0, 0.1) is 0 Å². The summed E-state index contributed by atoms with van der Waals surface area (Å²) in [5.41, 5.74) is 0. The SMILES string of the molecule is C[PH]1(CCNS(=O)(=O)F)CCCC1. The molecule has 0 radical (unpaired) electrons. The summed E-state index contributed by atoms with van der Waals surface area (Å²) < 4.78 is 34.3. The summed E-state index contributed by atoms with van der Waals surface area (Å²) in [5.74, 6) is 0. The van der Waals surface area contributed by atoms with E-state index in [1.165, 1.54) is 25.2 Å². The minimum atomic E-state index is -4.47. The van der Waals surface area contributed by atoms with Gasteiger partial charge in [-0.15, -0.1) is 0 Å². The molecule has 0 aromatic heterocycles. The third-order valence-electron chi connectivity index (χ3n) is 2.81. The van der Waals surface area contributed by atoms with Crippen LogP contribution in [-0.4, -0.2) is 40.1 Å². The molecule has 1 aliphatic rings. The van der Waals surface area contributed by atoms with E-state index in [4.69, 9.17) is 0 Å². The molecule has 1 fully saturated rings. The average molecular weight is 229 g/mol. The van der Waals surface area contributed by atoms with Crippen LogP contribution in [0.5, 0.6) is 0 Å². The summed E-state index contributed by atoms with van der Waals surface area (Å²) in [6.45, 7) is 2.55. The first-order chi connectivity index (χ1) is 5.91. The van der Waals surface area contributed by atoms with Crippen LogP contribution in [0.25, 0.3) is 0 Å². The van der Waals surface area contributed by atoms with Gasteiger partial charge < -0.3 is 0 Å². The Morgan fingerprint density at radius 1 is 1.38 bits per heavy atom. The van der Waals surface area contributed by atoms with Crippen LogP contribution >= 0.6 is 7.26 Å². The van der Waals surface area contributed by atoms with Crippen LogP contribution in [0.3, 0.4) is 0 Å². The fraction of sp³-hybridized carbons (Fsp3) is 1.00. The van der Waals surface area contributed by atoms with Crippen molar-refractivity contribution in [3.8, 4) is 0 Å². The second kappa shape index (κ2) is 4.20. The van der Waals surface area contributed by atoms with Crippen molar-refractivity contribution in [3.05, 3.63) is 0 Å². The molecule has 1 aliphatic heterocycles. The number of halogens is 1. The van der Waals surface area contributed by atoms with Crippen molar-refractivity contribution >= 4 is 17.7 Å². The first-order valence-electron chi connectivity index (χ1n) is 4.61. The van der Waals surface area contributed by atoms with Gasteiger partial charge in [0.1, 0.15) is 0 Å². The maximum atomic E-state index is 12.1. The molecule has 0 bridgehead atoms. The van der Waals surface area contributed by atoms with Crippen LogP contribution < -0.4 is 4.72 Å². The molecule has 6 heteroatoms. The fourth-order valence-electron chi connectivity index (χ4n) is 1.95. The van der Waals surface area contributed by atoms with Gasteiger partial charge in [0.25, 0.3) is 0 Å². The number of hydrogen-bond donors (Lipinski definition) is 1. The van der Waals surface area contributed by atoms with Crippen molar-refractivity contribution in [2.75, 3.05) is 31.7 Å². The third-order valence-corrected chi connectivity index (χ3v) is 7.94. The van der Waals surface area contributed by atoms with Crippen molar-refractivity contribution in [2.45, 2.75) is 12.8 Å². The molecule has 0 aromatic carbocycles. The van der Waals surface area contributed by atoms with E-state index in [2.05, 4.69) is 6.66 Å². The minimum absolute atomic E-state index is 0.279. The standard InChI is InChI=1S/C7H17FNO2PS/c1-12(5-2-3-6-12)7-4-9-13(8,10)11/h9,12H,2-7H2,1H3. The Morgan fingerprint density at radius 3 is 2.38 bits per heavy atom. The summed E-state index contributed by atoms with van der Waals surface area (Å²) >= 11 is 0. The first kappa shape index (κ1) is 11.3. The third kappa shape index (κ3) is 4.34. The summed E-state index contributed by atoms with van der Waals surface area (Å²) in [6.07, 6.45) is 5.94. The van der Waals surface area contributed by atoms with Crippen LogP contribution in [0.2, 0.25) is 0 Å². The van der Waals surface area contributed by atoms with Gasteiger partial charge >= 0.3 is 79.2 Å². The van der Waals surface area contributed by atoms with E-state index in [1.807, 2.05) is 4.72 Å². The van der Waals surface area contributed by atoms with Crippen LogP contribution in [-0.2, 0) is 10.4 Å². The van der Waals surface area contributed by atoms with Gasteiger partial charge in [-0.25, -0.2) is 0 Å². The molecule has 1 heterocycles. The van der Waals surface area contributed by atoms with Crippen LogP contribution in [0.4, 0.5) is 3.89 Å². The normalized spacial score (nSPS) is 24.5. The number of nitrogens with one attached hydrogen (secondary N) is 1. The van der Waals surface area contributed by atoms with Gasteiger partial charge in [-0.1, -0.05) is 0 Å². The number of hydrogen-bond acceptors (Lipinski definition) is 2. The topological polar surface area (TPSA) is 46.2 Å². The van der Waals surface area contributed by atoms with E-state index < -0.39 is 17.7 Å². The fourth-order valence-corrected chi connectivity index (χ4v) is 6.17. The molecule has 3 nitrogen and oxygen atoms in total. The molecule has 0 atom stereocenters. The zero-order chi connectivity index (χ0) is 9.95. The van der Waals surface area contributed by atoms with Crippen LogP contribution in [0.1, 0.15) is 12.8 Å². The van der Waals surface area contributed by atoms with Crippen molar-refractivity contribution in [1.82, 2.24) is 4.72 Å². The molecule has 0 amide bonds. The summed E-state index contributed by atoms with van der Waals surface area (Å²) in [5, 5.41) is 0. The Morgan fingerprint density at radius 2 is 1.92 bits per heavy atom. The second-order valence-corrected chi connectivity index (χ2v) is 10.4. The van der Waals surface area contributed by atoms with Gasteiger partial charge in [0.2, 0.25) is 0 Å². The van der Waals surface area contributed by atoms with Gasteiger partial charge in [0.05, 0.1) is 0 Å². The summed E-state index contributed by atoms with van der Waals surface area (Å²) in [4.78, 5) is 0. The Labute approximate surface area is 79.8 Å². The predicted octanol–water partition coefficient (Wildman–Crippen LogP) is 0.964. The van der Waals surface area contributed by atoms with Gasteiger partial charge in [-0.3, -0.25) is 0 Å². The van der Waals surface area contributed by atoms with Crippen molar-refractivity contribution in [3.63, 3.8) is 0 Å². The zero-order valence-corrected chi connectivity index (χ0v) is 9.66.